The van der Waals surface area contributed by atoms with E-state index in [-0.39, 0.29) is 17.7 Å². The van der Waals surface area contributed by atoms with E-state index in [4.69, 9.17) is 9.63 Å². The third-order valence-electron chi connectivity index (χ3n) is 2.53. The zero-order chi connectivity index (χ0) is 14.5. The maximum absolute atomic E-state index is 13.2. The number of halogens is 1. The quantitative estimate of drug-likeness (QED) is 0.818. The van der Waals surface area contributed by atoms with Gasteiger partial charge in [0.05, 0.1) is 17.4 Å². The van der Waals surface area contributed by atoms with Gasteiger partial charge < -0.3 is 14.9 Å². The second-order valence-corrected chi connectivity index (χ2v) is 3.90. The monoisotopic (exact) mass is 274 g/mol. The van der Waals surface area contributed by atoms with Crippen molar-refractivity contribution in [2.24, 2.45) is 0 Å². The largest absolute Gasteiger partial charge is 0.384 e. The van der Waals surface area contributed by atoms with E-state index in [1.807, 2.05) is 0 Å². The number of aliphatic hydroxyl groups is 1. The summed E-state index contributed by atoms with van der Waals surface area (Å²) in [6.45, 7) is 1.26. The Morgan fingerprint density at radius 3 is 3.00 bits per heavy atom. The first kappa shape index (κ1) is 13.8. The Morgan fingerprint density at radius 2 is 2.35 bits per heavy atom. The molecule has 0 fully saturated rings. The zero-order valence-corrected chi connectivity index (χ0v) is 10.6. The van der Waals surface area contributed by atoms with Gasteiger partial charge in [-0.2, -0.15) is 0 Å². The number of nitrogens with zero attached hydrogens (tertiary/aromatic N) is 1. The predicted molar refractivity (Wildman–Crippen MR) is 69.6 cm³/mol. The van der Waals surface area contributed by atoms with Crippen molar-refractivity contribution in [2.45, 2.75) is 6.92 Å². The Morgan fingerprint density at radius 1 is 1.55 bits per heavy atom. The number of hydrogen-bond acceptors (Lipinski definition) is 4. The van der Waals surface area contributed by atoms with E-state index in [1.165, 1.54) is 24.4 Å². The van der Waals surface area contributed by atoms with Crippen molar-refractivity contribution in [3.05, 3.63) is 47.1 Å². The lowest BCUT2D eigenvalue weighted by Crippen LogP contribution is -2.13. The summed E-state index contributed by atoms with van der Waals surface area (Å²) in [4.78, 5) is 12.0. The third-order valence-corrected chi connectivity index (χ3v) is 2.53. The molecule has 6 heteroatoms. The molecule has 2 aromatic rings. The summed E-state index contributed by atoms with van der Waals surface area (Å²) in [5.74, 6) is 4.46. The standard InChI is InChI=1S/C14H11FN2O3/c1-9-12(8-16-20-9)14(19)17-13-5-4-11(15)7-10(13)3-2-6-18/h4-5,7-8,18H,6H2,1H3,(H,17,19). The molecule has 1 amide bonds. The molecule has 0 radical (unpaired) electrons. The van der Waals surface area contributed by atoms with Gasteiger partial charge in [-0.3, -0.25) is 4.79 Å². The molecule has 0 aliphatic heterocycles. The minimum absolute atomic E-state index is 0.279. The average Bonchev–Trinajstić information content (AvgIpc) is 2.85. The maximum Gasteiger partial charge on any atom is 0.260 e. The van der Waals surface area contributed by atoms with Crippen LogP contribution < -0.4 is 5.32 Å². The van der Waals surface area contributed by atoms with Gasteiger partial charge in [0.25, 0.3) is 5.91 Å². The highest BCUT2D eigenvalue weighted by molar-refractivity contribution is 6.05. The van der Waals surface area contributed by atoms with Crippen LogP contribution in [-0.2, 0) is 0 Å². The van der Waals surface area contributed by atoms with Crippen LogP contribution in [0.4, 0.5) is 10.1 Å². The van der Waals surface area contributed by atoms with Crippen molar-refractivity contribution in [3.63, 3.8) is 0 Å². The summed E-state index contributed by atoms with van der Waals surface area (Å²) >= 11 is 0. The molecule has 0 unspecified atom stereocenters. The van der Waals surface area contributed by atoms with Gasteiger partial charge in [-0.05, 0) is 25.1 Å². The fourth-order valence-corrected chi connectivity index (χ4v) is 1.57. The molecule has 0 bridgehead atoms. The average molecular weight is 274 g/mol. The van der Waals surface area contributed by atoms with Crippen molar-refractivity contribution >= 4 is 11.6 Å². The van der Waals surface area contributed by atoms with Crippen LogP contribution in [0.3, 0.4) is 0 Å². The number of nitrogens with one attached hydrogen (secondary N) is 1. The van der Waals surface area contributed by atoms with E-state index >= 15 is 0 Å². The van der Waals surface area contributed by atoms with Crippen molar-refractivity contribution < 1.29 is 18.8 Å². The predicted octanol–water partition coefficient (Wildman–Crippen LogP) is 1.72. The van der Waals surface area contributed by atoms with Crippen molar-refractivity contribution in [1.82, 2.24) is 5.16 Å². The topological polar surface area (TPSA) is 75.4 Å². The molecular weight excluding hydrogens is 263 g/mol. The third kappa shape index (κ3) is 3.02. The van der Waals surface area contributed by atoms with Crippen LogP contribution >= 0.6 is 0 Å². The number of benzene rings is 1. The Hall–Kier alpha value is -2.65. The van der Waals surface area contributed by atoms with Crippen LogP contribution in [0.25, 0.3) is 0 Å². The molecule has 5 nitrogen and oxygen atoms in total. The fourth-order valence-electron chi connectivity index (χ4n) is 1.57. The van der Waals surface area contributed by atoms with Gasteiger partial charge >= 0.3 is 0 Å². The van der Waals surface area contributed by atoms with E-state index in [0.29, 0.717) is 11.4 Å². The zero-order valence-electron chi connectivity index (χ0n) is 10.6. The molecule has 0 saturated carbocycles. The Bertz CT molecular complexity index is 698. The van der Waals surface area contributed by atoms with Crippen LogP contribution in [0.1, 0.15) is 21.7 Å². The molecule has 20 heavy (non-hydrogen) atoms. The van der Waals surface area contributed by atoms with E-state index in [9.17, 15) is 9.18 Å². The van der Waals surface area contributed by atoms with Crippen molar-refractivity contribution in [3.8, 4) is 11.8 Å². The fraction of sp³-hybridized carbons (Fsp3) is 0.143. The van der Waals surface area contributed by atoms with Crippen LogP contribution in [0.15, 0.2) is 28.9 Å². The molecule has 0 aliphatic rings. The summed E-state index contributed by atoms with van der Waals surface area (Å²) in [6.07, 6.45) is 1.30. The van der Waals surface area contributed by atoms with E-state index in [2.05, 4.69) is 22.3 Å². The molecule has 2 N–H and O–H groups in total. The first-order valence-electron chi connectivity index (χ1n) is 5.73. The number of carbonyl (C=O) groups is 1. The highest BCUT2D eigenvalue weighted by Gasteiger charge is 2.14. The molecule has 0 spiro atoms. The normalized spacial score (nSPS) is 9.75. The summed E-state index contributed by atoms with van der Waals surface area (Å²) in [5, 5.41) is 14.8. The molecule has 102 valence electrons. The lowest BCUT2D eigenvalue weighted by molar-refractivity contribution is 0.102. The van der Waals surface area contributed by atoms with Crippen LogP contribution in [-0.4, -0.2) is 22.8 Å². The smallest absolute Gasteiger partial charge is 0.260 e. The first-order chi connectivity index (χ1) is 9.61. The lowest BCUT2D eigenvalue weighted by Gasteiger charge is -2.06. The van der Waals surface area contributed by atoms with Gasteiger partial charge in [-0.25, -0.2) is 4.39 Å². The highest BCUT2D eigenvalue weighted by atomic mass is 19.1. The van der Waals surface area contributed by atoms with Gasteiger partial charge in [0.15, 0.2) is 0 Å². The number of amides is 1. The molecule has 1 aromatic heterocycles. The number of aryl methyl sites for hydroxylation is 1. The van der Waals surface area contributed by atoms with Gasteiger partial charge in [-0.1, -0.05) is 17.0 Å². The Balaban J connectivity index is 2.29. The first-order valence-corrected chi connectivity index (χ1v) is 5.73. The molecule has 1 heterocycles. The highest BCUT2D eigenvalue weighted by Crippen LogP contribution is 2.18. The maximum atomic E-state index is 13.2. The van der Waals surface area contributed by atoms with E-state index in [0.717, 1.165) is 0 Å². The second kappa shape index (κ2) is 5.99. The van der Waals surface area contributed by atoms with Crippen molar-refractivity contribution in [1.29, 1.82) is 0 Å². The number of hydrogen-bond donors (Lipinski definition) is 2. The molecule has 0 saturated heterocycles. The minimum atomic E-state index is -0.480. The lowest BCUT2D eigenvalue weighted by atomic mass is 10.1. The van der Waals surface area contributed by atoms with Gasteiger partial charge in [0.1, 0.15) is 23.7 Å². The Kier molecular flexibility index (Phi) is 4.13. The summed E-state index contributed by atoms with van der Waals surface area (Å²) < 4.78 is 18.0. The van der Waals surface area contributed by atoms with Gasteiger partial charge in [-0.15, -0.1) is 0 Å². The number of rotatable bonds is 2. The molecule has 0 aliphatic carbocycles. The number of carbonyl (C=O) groups excluding carboxylic acids is 1. The molecule has 1 aromatic carbocycles. The minimum Gasteiger partial charge on any atom is -0.384 e. The summed E-state index contributed by atoms with van der Waals surface area (Å²) in [6, 6.07) is 3.79. The number of aromatic nitrogens is 1. The number of anilines is 1. The number of aliphatic hydroxyl groups excluding tert-OH is 1. The van der Waals surface area contributed by atoms with E-state index in [1.54, 1.807) is 6.92 Å². The Labute approximate surface area is 114 Å². The molecular formula is C14H11FN2O3. The van der Waals surface area contributed by atoms with Crippen molar-refractivity contribution in [2.75, 3.05) is 11.9 Å². The van der Waals surface area contributed by atoms with E-state index < -0.39 is 11.7 Å². The van der Waals surface area contributed by atoms with Gasteiger partial charge in [0, 0.05) is 0 Å². The summed E-state index contributed by atoms with van der Waals surface area (Å²) in [7, 11) is 0. The van der Waals surface area contributed by atoms with Crippen LogP contribution in [0.5, 0.6) is 0 Å². The SMILES string of the molecule is Cc1oncc1C(=O)Nc1ccc(F)cc1C#CCO. The second-order valence-electron chi connectivity index (χ2n) is 3.90. The molecule has 0 atom stereocenters. The van der Waals surface area contributed by atoms with Crippen LogP contribution in [0.2, 0.25) is 0 Å². The molecule has 2 rings (SSSR count). The van der Waals surface area contributed by atoms with Gasteiger partial charge in [0.2, 0.25) is 0 Å². The van der Waals surface area contributed by atoms with Crippen LogP contribution in [0, 0.1) is 24.6 Å². The summed E-state index contributed by atoms with van der Waals surface area (Å²) in [5.41, 5.74) is 0.912.